The molecule has 2 bridgehead atoms. The van der Waals surface area contributed by atoms with Gasteiger partial charge in [-0.2, -0.15) is 5.10 Å². The minimum absolute atomic E-state index is 0.714. The summed E-state index contributed by atoms with van der Waals surface area (Å²) in [4.78, 5) is 2.61. The standard InChI is InChI=1S/C17H20BrN3/c1-12-16(10-18)17(20-11-13-7-8-15(20)9-13)21(19-12)14-5-3-2-4-6-14/h2-6,13,15H,7-11H2,1H3. The van der Waals surface area contributed by atoms with Crippen LogP contribution in [0.15, 0.2) is 30.3 Å². The van der Waals surface area contributed by atoms with Gasteiger partial charge in [0.05, 0.1) is 11.4 Å². The third-order valence-electron chi connectivity index (χ3n) is 4.97. The van der Waals surface area contributed by atoms with Crippen molar-refractivity contribution in [1.82, 2.24) is 9.78 Å². The zero-order valence-electron chi connectivity index (χ0n) is 12.3. The lowest BCUT2D eigenvalue weighted by molar-refractivity contribution is 0.545. The van der Waals surface area contributed by atoms with E-state index in [9.17, 15) is 0 Å². The predicted octanol–water partition coefficient (Wildman–Crippen LogP) is 4.06. The molecule has 0 radical (unpaired) electrons. The van der Waals surface area contributed by atoms with Gasteiger partial charge in [-0.3, -0.25) is 0 Å². The van der Waals surface area contributed by atoms with E-state index >= 15 is 0 Å². The molecular weight excluding hydrogens is 326 g/mol. The Morgan fingerprint density at radius 3 is 2.67 bits per heavy atom. The minimum Gasteiger partial charge on any atom is -0.353 e. The monoisotopic (exact) mass is 345 g/mol. The lowest BCUT2D eigenvalue weighted by atomic mass is 10.1. The number of fused-ring (bicyclic) bond motifs is 2. The number of piperidine rings is 1. The first kappa shape index (κ1) is 13.4. The van der Waals surface area contributed by atoms with E-state index in [1.165, 1.54) is 37.2 Å². The van der Waals surface area contributed by atoms with Gasteiger partial charge in [-0.15, -0.1) is 0 Å². The van der Waals surface area contributed by atoms with Crippen molar-refractivity contribution in [3.8, 4) is 5.69 Å². The van der Waals surface area contributed by atoms with Crippen LogP contribution in [0, 0.1) is 12.8 Å². The zero-order valence-corrected chi connectivity index (χ0v) is 13.9. The van der Waals surface area contributed by atoms with Crippen LogP contribution in [0.2, 0.25) is 0 Å². The van der Waals surface area contributed by atoms with Gasteiger partial charge in [0, 0.05) is 23.5 Å². The molecule has 0 N–H and O–H groups in total. The average Bonchev–Trinajstić information content (AvgIpc) is 3.21. The van der Waals surface area contributed by atoms with Crippen molar-refractivity contribution in [2.24, 2.45) is 5.92 Å². The summed E-state index contributed by atoms with van der Waals surface area (Å²) in [6.07, 6.45) is 4.11. The highest BCUT2D eigenvalue weighted by atomic mass is 79.9. The van der Waals surface area contributed by atoms with Crippen LogP contribution in [0.3, 0.4) is 0 Å². The minimum atomic E-state index is 0.714. The Kier molecular flexibility index (Phi) is 3.29. The molecule has 4 heteroatoms. The summed E-state index contributed by atoms with van der Waals surface area (Å²) in [7, 11) is 0. The highest BCUT2D eigenvalue weighted by Crippen LogP contribution is 2.42. The van der Waals surface area contributed by atoms with Gasteiger partial charge in [0.1, 0.15) is 5.82 Å². The van der Waals surface area contributed by atoms with E-state index in [2.05, 4.69) is 62.8 Å². The van der Waals surface area contributed by atoms with Crippen LogP contribution in [0.5, 0.6) is 0 Å². The van der Waals surface area contributed by atoms with Gasteiger partial charge in [-0.25, -0.2) is 4.68 Å². The van der Waals surface area contributed by atoms with Crippen molar-refractivity contribution in [2.45, 2.75) is 37.6 Å². The maximum atomic E-state index is 4.82. The summed E-state index contributed by atoms with van der Waals surface area (Å²) < 4.78 is 2.15. The van der Waals surface area contributed by atoms with E-state index in [4.69, 9.17) is 5.10 Å². The lowest BCUT2D eigenvalue weighted by Gasteiger charge is -2.30. The number of halogens is 1. The molecule has 1 aromatic carbocycles. The second-order valence-electron chi connectivity index (χ2n) is 6.25. The number of hydrogen-bond acceptors (Lipinski definition) is 2. The number of para-hydroxylation sites is 1. The Balaban J connectivity index is 1.84. The SMILES string of the molecule is Cc1nn(-c2ccccc2)c(N2CC3CCC2C3)c1CBr. The maximum absolute atomic E-state index is 4.82. The summed E-state index contributed by atoms with van der Waals surface area (Å²) >= 11 is 3.67. The highest BCUT2D eigenvalue weighted by Gasteiger charge is 2.40. The number of hydrogen-bond donors (Lipinski definition) is 0. The Hall–Kier alpha value is -1.29. The van der Waals surface area contributed by atoms with Gasteiger partial charge in [-0.1, -0.05) is 34.1 Å². The van der Waals surface area contributed by atoms with Crippen LogP contribution in [-0.4, -0.2) is 22.4 Å². The number of nitrogens with zero attached hydrogens (tertiary/aromatic N) is 3. The average molecular weight is 346 g/mol. The van der Waals surface area contributed by atoms with Gasteiger partial charge in [0.15, 0.2) is 0 Å². The molecule has 1 aliphatic heterocycles. The first-order chi connectivity index (χ1) is 10.3. The van der Waals surface area contributed by atoms with Gasteiger partial charge < -0.3 is 4.90 Å². The molecule has 1 aliphatic carbocycles. The second-order valence-corrected chi connectivity index (χ2v) is 6.81. The number of anilines is 1. The molecule has 4 rings (SSSR count). The molecule has 2 fully saturated rings. The van der Waals surface area contributed by atoms with E-state index in [-0.39, 0.29) is 0 Å². The van der Waals surface area contributed by atoms with E-state index in [0.29, 0.717) is 6.04 Å². The number of aryl methyl sites for hydroxylation is 1. The van der Waals surface area contributed by atoms with Crippen LogP contribution in [0.4, 0.5) is 5.82 Å². The Labute approximate surface area is 134 Å². The molecule has 1 saturated carbocycles. The van der Waals surface area contributed by atoms with E-state index in [1.54, 1.807) is 0 Å². The third-order valence-corrected chi connectivity index (χ3v) is 5.53. The molecule has 2 atom stereocenters. The van der Waals surface area contributed by atoms with Crippen molar-refractivity contribution in [1.29, 1.82) is 0 Å². The fourth-order valence-electron chi connectivity index (χ4n) is 3.93. The highest BCUT2D eigenvalue weighted by molar-refractivity contribution is 9.08. The van der Waals surface area contributed by atoms with Crippen molar-refractivity contribution in [2.75, 3.05) is 11.4 Å². The molecule has 110 valence electrons. The van der Waals surface area contributed by atoms with Crippen molar-refractivity contribution < 1.29 is 0 Å². The number of aromatic nitrogens is 2. The summed E-state index contributed by atoms with van der Waals surface area (Å²) in [6.45, 7) is 3.32. The first-order valence-corrected chi connectivity index (χ1v) is 8.86. The van der Waals surface area contributed by atoms with Crippen LogP contribution in [-0.2, 0) is 5.33 Å². The molecule has 0 spiro atoms. The number of benzene rings is 1. The number of alkyl halides is 1. The van der Waals surface area contributed by atoms with Crippen LogP contribution in [0.25, 0.3) is 5.69 Å². The Morgan fingerprint density at radius 2 is 2.05 bits per heavy atom. The fourth-order valence-corrected chi connectivity index (χ4v) is 4.59. The third kappa shape index (κ3) is 2.11. The van der Waals surface area contributed by atoms with E-state index in [1.807, 2.05) is 0 Å². The topological polar surface area (TPSA) is 21.1 Å². The first-order valence-electron chi connectivity index (χ1n) is 7.74. The van der Waals surface area contributed by atoms with Crippen molar-refractivity contribution >= 4 is 21.7 Å². The molecular formula is C17H20BrN3. The molecule has 1 aromatic heterocycles. The van der Waals surface area contributed by atoms with E-state index < -0.39 is 0 Å². The smallest absolute Gasteiger partial charge is 0.136 e. The molecule has 2 aliphatic rings. The normalized spacial score (nSPS) is 24.0. The lowest BCUT2D eigenvalue weighted by Crippen LogP contribution is -2.34. The summed E-state index contributed by atoms with van der Waals surface area (Å²) in [6, 6.07) is 11.2. The second kappa shape index (κ2) is 5.16. The fraction of sp³-hybridized carbons (Fsp3) is 0.471. The summed E-state index contributed by atoms with van der Waals surface area (Å²) in [5, 5.41) is 5.69. The summed E-state index contributed by atoms with van der Waals surface area (Å²) in [5.74, 6) is 2.19. The molecule has 2 heterocycles. The van der Waals surface area contributed by atoms with Crippen molar-refractivity contribution in [3.63, 3.8) is 0 Å². The molecule has 3 nitrogen and oxygen atoms in total. The number of rotatable bonds is 3. The van der Waals surface area contributed by atoms with Gasteiger partial charge in [0.2, 0.25) is 0 Å². The quantitative estimate of drug-likeness (QED) is 0.782. The van der Waals surface area contributed by atoms with Crippen LogP contribution < -0.4 is 4.90 Å². The molecule has 0 amide bonds. The van der Waals surface area contributed by atoms with Crippen molar-refractivity contribution in [3.05, 3.63) is 41.6 Å². The Morgan fingerprint density at radius 1 is 1.24 bits per heavy atom. The van der Waals surface area contributed by atoms with Gasteiger partial charge >= 0.3 is 0 Å². The molecule has 2 aromatic rings. The largest absolute Gasteiger partial charge is 0.353 e. The molecule has 21 heavy (non-hydrogen) atoms. The molecule has 1 saturated heterocycles. The molecule has 2 unspecified atom stereocenters. The summed E-state index contributed by atoms with van der Waals surface area (Å²) in [5.41, 5.74) is 3.63. The van der Waals surface area contributed by atoms with Gasteiger partial charge in [0.25, 0.3) is 0 Å². The van der Waals surface area contributed by atoms with Gasteiger partial charge in [-0.05, 0) is 44.2 Å². The Bertz CT molecular complexity index is 650. The predicted molar refractivity (Wildman–Crippen MR) is 89.4 cm³/mol. The van der Waals surface area contributed by atoms with Crippen LogP contribution in [0.1, 0.15) is 30.5 Å². The zero-order chi connectivity index (χ0) is 14.4. The van der Waals surface area contributed by atoms with E-state index in [0.717, 1.165) is 22.6 Å². The maximum Gasteiger partial charge on any atom is 0.136 e. The van der Waals surface area contributed by atoms with Crippen LogP contribution >= 0.6 is 15.9 Å².